The smallest absolute Gasteiger partial charge is 0.0837 e. The molecular formula is C15H32NO. The van der Waals surface area contributed by atoms with Crippen LogP contribution < -0.4 is 5.73 Å². The molecule has 0 aromatic rings. The topological polar surface area (TPSA) is 45.9 Å². The van der Waals surface area contributed by atoms with Gasteiger partial charge in [-0.25, -0.2) is 5.11 Å². The van der Waals surface area contributed by atoms with Crippen molar-refractivity contribution in [1.29, 1.82) is 0 Å². The van der Waals surface area contributed by atoms with Gasteiger partial charge in [-0.15, -0.1) is 0 Å². The van der Waals surface area contributed by atoms with Crippen LogP contribution in [0, 0.1) is 0 Å². The molecule has 1 unspecified atom stereocenters. The average Bonchev–Trinajstić information content (AvgIpc) is 2.32. The normalized spacial score (nSPS) is 12.9. The summed E-state index contributed by atoms with van der Waals surface area (Å²) in [7, 11) is 0. The number of rotatable bonds is 13. The van der Waals surface area contributed by atoms with Gasteiger partial charge in [-0.2, -0.15) is 0 Å². The molecule has 0 aromatic carbocycles. The van der Waals surface area contributed by atoms with Crippen molar-refractivity contribution in [3.63, 3.8) is 0 Å². The van der Waals surface area contributed by atoms with Gasteiger partial charge in [0.05, 0.1) is 6.61 Å². The Hall–Kier alpha value is -0.0800. The van der Waals surface area contributed by atoms with Crippen molar-refractivity contribution in [1.82, 2.24) is 0 Å². The molecule has 1 radical (unpaired) electrons. The van der Waals surface area contributed by atoms with E-state index in [1.54, 1.807) is 0 Å². The molecule has 0 aliphatic carbocycles. The zero-order valence-electron chi connectivity index (χ0n) is 11.8. The summed E-state index contributed by atoms with van der Waals surface area (Å²) >= 11 is 0. The Bertz CT molecular complexity index is 139. The van der Waals surface area contributed by atoms with Crippen LogP contribution >= 0.6 is 0 Å². The van der Waals surface area contributed by atoms with E-state index in [4.69, 9.17) is 5.73 Å². The van der Waals surface area contributed by atoms with E-state index in [-0.39, 0.29) is 12.6 Å². The highest BCUT2D eigenvalue weighted by Crippen LogP contribution is 2.12. The van der Waals surface area contributed by atoms with E-state index >= 15 is 0 Å². The van der Waals surface area contributed by atoms with Crippen LogP contribution in [0.15, 0.2) is 0 Å². The van der Waals surface area contributed by atoms with E-state index < -0.39 is 0 Å². The van der Waals surface area contributed by atoms with Gasteiger partial charge in [-0.05, 0) is 12.8 Å². The molecule has 2 N–H and O–H groups in total. The highest BCUT2D eigenvalue weighted by molar-refractivity contribution is 4.60. The minimum atomic E-state index is -0.0150. The van der Waals surface area contributed by atoms with E-state index in [0.717, 1.165) is 6.42 Å². The van der Waals surface area contributed by atoms with Crippen LogP contribution in [0.1, 0.15) is 84.0 Å². The third-order valence-corrected chi connectivity index (χ3v) is 3.42. The first-order chi connectivity index (χ1) is 8.31. The zero-order valence-corrected chi connectivity index (χ0v) is 11.8. The Morgan fingerprint density at radius 1 is 0.765 bits per heavy atom. The van der Waals surface area contributed by atoms with Crippen molar-refractivity contribution in [3.05, 3.63) is 0 Å². The molecule has 0 aromatic heterocycles. The van der Waals surface area contributed by atoms with Crippen molar-refractivity contribution < 1.29 is 5.11 Å². The second kappa shape index (κ2) is 14.0. The van der Waals surface area contributed by atoms with E-state index in [0.29, 0.717) is 6.42 Å². The molecular weight excluding hydrogens is 210 g/mol. The molecule has 0 saturated carbocycles. The van der Waals surface area contributed by atoms with E-state index in [1.807, 2.05) is 0 Å². The number of hydrogen-bond donors (Lipinski definition) is 1. The van der Waals surface area contributed by atoms with Gasteiger partial charge in [0.25, 0.3) is 0 Å². The fraction of sp³-hybridized carbons (Fsp3) is 1.00. The first kappa shape index (κ1) is 16.9. The van der Waals surface area contributed by atoms with Gasteiger partial charge in [0, 0.05) is 6.04 Å². The Kier molecular flexibility index (Phi) is 13.9. The van der Waals surface area contributed by atoms with Crippen LogP contribution in [0.2, 0.25) is 0 Å². The molecule has 103 valence electrons. The third-order valence-electron chi connectivity index (χ3n) is 3.42. The summed E-state index contributed by atoms with van der Waals surface area (Å²) in [5.41, 5.74) is 5.79. The molecule has 0 saturated heterocycles. The second-order valence-corrected chi connectivity index (χ2v) is 5.22. The molecule has 2 heteroatoms. The minimum Gasteiger partial charge on any atom is -0.328 e. The fourth-order valence-electron chi connectivity index (χ4n) is 2.19. The maximum Gasteiger partial charge on any atom is 0.0837 e. The van der Waals surface area contributed by atoms with Gasteiger partial charge in [-0.3, -0.25) is 0 Å². The molecule has 2 nitrogen and oxygen atoms in total. The lowest BCUT2D eigenvalue weighted by Gasteiger charge is -2.08. The van der Waals surface area contributed by atoms with Crippen molar-refractivity contribution in [2.24, 2.45) is 5.73 Å². The van der Waals surface area contributed by atoms with E-state index in [9.17, 15) is 5.11 Å². The predicted molar refractivity (Wildman–Crippen MR) is 74.6 cm³/mol. The summed E-state index contributed by atoms with van der Waals surface area (Å²) in [4.78, 5) is 0. The Balaban J connectivity index is 2.98. The largest absolute Gasteiger partial charge is 0.328 e. The van der Waals surface area contributed by atoms with Crippen LogP contribution in [-0.4, -0.2) is 12.6 Å². The summed E-state index contributed by atoms with van der Waals surface area (Å²) in [5.74, 6) is 0. The molecule has 0 amide bonds. The highest BCUT2D eigenvalue weighted by Gasteiger charge is 2.01. The first-order valence-corrected chi connectivity index (χ1v) is 7.65. The van der Waals surface area contributed by atoms with Crippen LogP contribution in [-0.2, 0) is 5.11 Å². The highest BCUT2D eigenvalue weighted by atomic mass is 16.3. The van der Waals surface area contributed by atoms with Gasteiger partial charge in [0.15, 0.2) is 0 Å². The summed E-state index contributed by atoms with van der Waals surface area (Å²) < 4.78 is 0. The third kappa shape index (κ3) is 13.9. The van der Waals surface area contributed by atoms with Crippen molar-refractivity contribution >= 4 is 0 Å². The molecule has 0 fully saturated rings. The number of unbranched alkanes of at least 4 members (excludes halogenated alkanes) is 9. The summed E-state index contributed by atoms with van der Waals surface area (Å²) in [6, 6.07) is 0.154. The lowest BCUT2D eigenvalue weighted by atomic mass is 10.0. The van der Waals surface area contributed by atoms with E-state index in [2.05, 4.69) is 6.92 Å². The molecule has 0 bridgehead atoms. The zero-order chi connectivity index (χ0) is 12.8. The Morgan fingerprint density at radius 2 is 1.24 bits per heavy atom. The Labute approximate surface area is 108 Å². The SMILES string of the molecule is CCCCCCCCCCCCC(N)CC[O]. The van der Waals surface area contributed by atoms with Gasteiger partial charge in [0.2, 0.25) is 0 Å². The summed E-state index contributed by atoms with van der Waals surface area (Å²) in [6.07, 6.45) is 15.3. The average molecular weight is 242 g/mol. The van der Waals surface area contributed by atoms with Crippen LogP contribution in [0.3, 0.4) is 0 Å². The van der Waals surface area contributed by atoms with Gasteiger partial charge < -0.3 is 5.73 Å². The van der Waals surface area contributed by atoms with Crippen molar-refractivity contribution in [2.45, 2.75) is 90.0 Å². The maximum atomic E-state index is 10.3. The van der Waals surface area contributed by atoms with Crippen LogP contribution in [0.25, 0.3) is 0 Å². The summed E-state index contributed by atoms with van der Waals surface area (Å²) in [6.45, 7) is 2.25. The molecule has 17 heavy (non-hydrogen) atoms. The van der Waals surface area contributed by atoms with Gasteiger partial charge in [-0.1, -0.05) is 71.1 Å². The van der Waals surface area contributed by atoms with Gasteiger partial charge in [0.1, 0.15) is 0 Å². The summed E-state index contributed by atoms with van der Waals surface area (Å²) in [5, 5.41) is 10.3. The molecule has 0 rings (SSSR count). The lowest BCUT2D eigenvalue weighted by Crippen LogP contribution is -2.20. The van der Waals surface area contributed by atoms with E-state index in [1.165, 1.54) is 64.2 Å². The Morgan fingerprint density at radius 3 is 1.71 bits per heavy atom. The predicted octanol–water partition coefficient (Wildman–Crippen LogP) is 4.45. The fourth-order valence-corrected chi connectivity index (χ4v) is 2.19. The standard InChI is InChI=1S/C15H32NO/c1-2-3-4-5-6-7-8-9-10-11-12-15(16)13-14-17/h15H,2-14,16H2,1H3. The van der Waals surface area contributed by atoms with Crippen LogP contribution in [0.5, 0.6) is 0 Å². The number of nitrogens with two attached hydrogens (primary N) is 1. The van der Waals surface area contributed by atoms with Gasteiger partial charge >= 0.3 is 0 Å². The molecule has 0 heterocycles. The minimum absolute atomic E-state index is 0.0150. The first-order valence-electron chi connectivity index (χ1n) is 7.65. The lowest BCUT2D eigenvalue weighted by molar-refractivity contribution is 0.180. The second-order valence-electron chi connectivity index (χ2n) is 5.22. The monoisotopic (exact) mass is 242 g/mol. The molecule has 0 aliphatic rings. The van der Waals surface area contributed by atoms with Crippen LogP contribution in [0.4, 0.5) is 0 Å². The number of hydrogen-bond acceptors (Lipinski definition) is 1. The molecule has 0 spiro atoms. The quantitative estimate of drug-likeness (QED) is 0.477. The molecule has 1 atom stereocenters. The van der Waals surface area contributed by atoms with Crippen molar-refractivity contribution in [3.8, 4) is 0 Å². The maximum absolute atomic E-state index is 10.3. The van der Waals surface area contributed by atoms with Crippen molar-refractivity contribution in [2.75, 3.05) is 6.61 Å². The molecule has 0 aliphatic heterocycles.